The molecule has 156 valence electrons. The normalized spacial score (nSPS) is 10.8. The maximum absolute atomic E-state index is 12.6. The second-order valence-electron chi connectivity index (χ2n) is 6.95. The Labute approximate surface area is 185 Å². The number of nitrogens with one attached hydrogen (secondary N) is 2. The number of hydrogen-bond donors (Lipinski definition) is 2. The first-order chi connectivity index (χ1) is 15.2. The Morgan fingerprint density at radius 1 is 0.935 bits per heavy atom. The number of ether oxygens (including phenoxy) is 1. The van der Waals surface area contributed by atoms with Crippen LogP contribution in [0.1, 0.15) is 17.2 Å². The Morgan fingerprint density at radius 3 is 2.13 bits per heavy atom. The summed E-state index contributed by atoms with van der Waals surface area (Å²) in [6.45, 7) is 0.173. The molecule has 0 unspecified atom stereocenters. The molecular formula is C25H23N3O2S. The van der Waals surface area contributed by atoms with Crippen LogP contribution in [-0.2, 0) is 4.79 Å². The van der Waals surface area contributed by atoms with Crippen LogP contribution in [-0.4, -0.2) is 24.5 Å². The number of carbonyl (C=O) groups is 1. The molecule has 5 nitrogen and oxygen atoms in total. The van der Waals surface area contributed by atoms with E-state index in [-0.39, 0.29) is 18.5 Å². The zero-order valence-electron chi connectivity index (χ0n) is 17.1. The molecule has 0 aliphatic carbocycles. The van der Waals surface area contributed by atoms with Crippen LogP contribution in [0.5, 0.6) is 5.75 Å². The fourth-order valence-corrected chi connectivity index (χ4v) is 4.04. The lowest BCUT2D eigenvalue weighted by Gasteiger charge is -2.19. The molecule has 0 aliphatic rings. The van der Waals surface area contributed by atoms with Crippen molar-refractivity contribution in [2.45, 2.75) is 6.04 Å². The minimum atomic E-state index is -0.132. The molecule has 0 fully saturated rings. The SMILES string of the molecule is COc1ccc(-c2csc(NC(=O)CNC(c3ccccc3)c3ccccc3)n2)cc1. The van der Waals surface area contributed by atoms with Crippen molar-refractivity contribution in [2.24, 2.45) is 0 Å². The van der Waals surface area contributed by atoms with Gasteiger partial charge < -0.3 is 10.1 Å². The first-order valence-electron chi connectivity index (χ1n) is 9.96. The van der Waals surface area contributed by atoms with Crippen LogP contribution in [0.25, 0.3) is 11.3 Å². The number of anilines is 1. The topological polar surface area (TPSA) is 63.2 Å². The van der Waals surface area contributed by atoms with E-state index in [9.17, 15) is 4.79 Å². The fraction of sp³-hybridized carbons (Fsp3) is 0.120. The molecule has 1 amide bonds. The summed E-state index contributed by atoms with van der Waals surface area (Å²) in [4.78, 5) is 17.1. The molecule has 0 saturated heterocycles. The maximum atomic E-state index is 12.6. The highest BCUT2D eigenvalue weighted by Gasteiger charge is 2.15. The van der Waals surface area contributed by atoms with Crippen LogP contribution < -0.4 is 15.4 Å². The number of benzene rings is 3. The molecule has 0 spiro atoms. The van der Waals surface area contributed by atoms with E-state index in [2.05, 4.69) is 39.9 Å². The smallest absolute Gasteiger partial charge is 0.240 e. The Hall–Kier alpha value is -3.48. The van der Waals surface area contributed by atoms with Crippen molar-refractivity contribution in [1.82, 2.24) is 10.3 Å². The van der Waals surface area contributed by atoms with Gasteiger partial charge in [0.05, 0.1) is 25.4 Å². The highest BCUT2D eigenvalue weighted by molar-refractivity contribution is 7.14. The Kier molecular flexibility index (Phi) is 6.72. The van der Waals surface area contributed by atoms with Crippen LogP contribution in [0.15, 0.2) is 90.3 Å². The second kappa shape index (κ2) is 10.0. The zero-order chi connectivity index (χ0) is 21.5. The maximum Gasteiger partial charge on any atom is 0.240 e. The number of rotatable bonds is 8. The van der Waals surface area contributed by atoms with Gasteiger partial charge in [0.1, 0.15) is 5.75 Å². The summed E-state index contributed by atoms with van der Waals surface area (Å²) in [6, 6.07) is 27.8. The summed E-state index contributed by atoms with van der Waals surface area (Å²) in [6.07, 6.45) is 0. The van der Waals surface area contributed by atoms with Gasteiger partial charge in [-0.05, 0) is 35.4 Å². The molecule has 0 atom stereocenters. The Bertz CT molecular complexity index is 1070. The van der Waals surface area contributed by atoms with Gasteiger partial charge in [-0.3, -0.25) is 10.1 Å². The van der Waals surface area contributed by atoms with Crippen molar-refractivity contribution in [3.05, 3.63) is 101 Å². The molecule has 0 saturated carbocycles. The first kappa shape index (κ1) is 20.8. The number of thiazole rings is 1. The lowest BCUT2D eigenvalue weighted by atomic mass is 9.99. The average molecular weight is 430 g/mol. The van der Waals surface area contributed by atoms with Gasteiger partial charge in [-0.1, -0.05) is 60.7 Å². The standard InChI is InChI=1S/C25H23N3O2S/c1-30-21-14-12-18(13-15-21)22-17-31-25(27-22)28-23(29)16-26-24(19-8-4-2-5-9-19)20-10-6-3-7-11-20/h2-15,17,24,26H,16H2,1H3,(H,27,28,29). The van der Waals surface area contributed by atoms with Crippen molar-refractivity contribution >= 4 is 22.4 Å². The van der Waals surface area contributed by atoms with Crippen LogP contribution in [0.4, 0.5) is 5.13 Å². The van der Waals surface area contributed by atoms with Gasteiger partial charge >= 0.3 is 0 Å². The second-order valence-corrected chi connectivity index (χ2v) is 7.81. The Balaban J connectivity index is 1.40. The van der Waals surface area contributed by atoms with Crippen LogP contribution in [0.3, 0.4) is 0 Å². The molecule has 6 heteroatoms. The van der Waals surface area contributed by atoms with Crippen molar-refractivity contribution in [1.29, 1.82) is 0 Å². The molecule has 4 rings (SSSR count). The molecule has 1 heterocycles. The molecule has 0 bridgehead atoms. The molecule has 31 heavy (non-hydrogen) atoms. The molecule has 0 aliphatic heterocycles. The zero-order valence-corrected chi connectivity index (χ0v) is 17.9. The van der Waals surface area contributed by atoms with Crippen molar-refractivity contribution in [3.8, 4) is 17.0 Å². The highest BCUT2D eigenvalue weighted by Crippen LogP contribution is 2.26. The van der Waals surface area contributed by atoms with E-state index in [4.69, 9.17) is 4.74 Å². The molecule has 1 aromatic heterocycles. The third kappa shape index (κ3) is 5.36. The first-order valence-corrected chi connectivity index (χ1v) is 10.8. The summed E-state index contributed by atoms with van der Waals surface area (Å²) in [5, 5.41) is 8.78. The molecule has 3 aromatic carbocycles. The third-order valence-corrected chi connectivity index (χ3v) is 5.63. The van der Waals surface area contributed by atoms with E-state index in [1.54, 1.807) is 7.11 Å². The van der Waals surface area contributed by atoms with Gasteiger partial charge in [-0.15, -0.1) is 11.3 Å². The molecular weight excluding hydrogens is 406 g/mol. The quantitative estimate of drug-likeness (QED) is 0.407. The number of carbonyl (C=O) groups excluding carboxylic acids is 1. The van der Waals surface area contributed by atoms with Gasteiger partial charge in [-0.25, -0.2) is 4.98 Å². The van der Waals surface area contributed by atoms with Gasteiger partial charge in [0.25, 0.3) is 0 Å². The van der Waals surface area contributed by atoms with E-state index < -0.39 is 0 Å². The van der Waals surface area contributed by atoms with Gasteiger partial charge in [-0.2, -0.15) is 0 Å². The summed E-state index contributed by atoms with van der Waals surface area (Å²) < 4.78 is 5.19. The monoisotopic (exact) mass is 429 g/mol. The van der Waals surface area contributed by atoms with Crippen molar-refractivity contribution in [2.75, 3.05) is 19.0 Å². The van der Waals surface area contributed by atoms with Gasteiger partial charge in [0, 0.05) is 10.9 Å². The minimum absolute atomic E-state index is 0.0701. The summed E-state index contributed by atoms with van der Waals surface area (Å²) in [7, 11) is 1.64. The summed E-state index contributed by atoms with van der Waals surface area (Å²) >= 11 is 1.41. The van der Waals surface area contributed by atoms with E-state index >= 15 is 0 Å². The number of hydrogen-bond acceptors (Lipinski definition) is 5. The van der Waals surface area contributed by atoms with Gasteiger partial charge in [0.2, 0.25) is 5.91 Å². The number of methoxy groups -OCH3 is 1. The summed E-state index contributed by atoms with van der Waals surface area (Å²) in [5.74, 6) is 0.664. The van der Waals surface area contributed by atoms with Crippen LogP contribution in [0, 0.1) is 0 Å². The minimum Gasteiger partial charge on any atom is -0.497 e. The van der Waals surface area contributed by atoms with E-state index in [0.29, 0.717) is 5.13 Å². The number of aromatic nitrogens is 1. The third-order valence-electron chi connectivity index (χ3n) is 4.87. The molecule has 0 radical (unpaired) electrons. The van der Waals surface area contributed by atoms with Crippen molar-refractivity contribution < 1.29 is 9.53 Å². The largest absolute Gasteiger partial charge is 0.497 e. The lowest BCUT2D eigenvalue weighted by molar-refractivity contribution is -0.115. The van der Waals surface area contributed by atoms with Gasteiger partial charge in [0.15, 0.2) is 5.13 Å². The number of nitrogens with zero attached hydrogens (tertiary/aromatic N) is 1. The predicted molar refractivity (Wildman–Crippen MR) is 125 cm³/mol. The van der Waals surface area contributed by atoms with E-state index in [0.717, 1.165) is 28.1 Å². The van der Waals surface area contributed by atoms with E-state index in [1.165, 1.54) is 11.3 Å². The van der Waals surface area contributed by atoms with Crippen molar-refractivity contribution in [3.63, 3.8) is 0 Å². The lowest BCUT2D eigenvalue weighted by Crippen LogP contribution is -2.31. The van der Waals surface area contributed by atoms with Crippen LogP contribution >= 0.6 is 11.3 Å². The highest BCUT2D eigenvalue weighted by atomic mass is 32.1. The molecule has 4 aromatic rings. The van der Waals surface area contributed by atoms with E-state index in [1.807, 2.05) is 66.0 Å². The average Bonchev–Trinajstić information content (AvgIpc) is 3.29. The number of amides is 1. The summed E-state index contributed by atoms with van der Waals surface area (Å²) in [5.41, 5.74) is 4.02. The molecule has 2 N–H and O–H groups in total. The van der Waals surface area contributed by atoms with Crippen LogP contribution in [0.2, 0.25) is 0 Å². The Morgan fingerprint density at radius 2 is 1.55 bits per heavy atom. The predicted octanol–water partition coefficient (Wildman–Crippen LogP) is 5.14. The fourth-order valence-electron chi connectivity index (χ4n) is 3.30.